The van der Waals surface area contributed by atoms with Gasteiger partial charge in [0.2, 0.25) is 0 Å². The normalized spacial score (nSPS) is 14.0. The summed E-state index contributed by atoms with van der Waals surface area (Å²) < 4.78 is 83.4. The molecule has 0 aliphatic heterocycles. The summed E-state index contributed by atoms with van der Waals surface area (Å²) in [6.45, 7) is 0. The zero-order chi connectivity index (χ0) is 43.4. The minimum absolute atomic E-state index is 0.0638. The molecule has 0 fully saturated rings. The Labute approximate surface area is 334 Å². The number of fused-ring (bicyclic) bond motifs is 8. The second kappa shape index (κ2) is 12.7. The van der Waals surface area contributed by atoms with Gasteiger partial charge in [0.25, 0.3) is 0 Å². The minimum atomic E-state index is -0.490. The van der Waals surface area contributed by atoms with Gasteiger partial charge in [-0.15, -0.1) is 22.7 Å². The summed E-state index contributed by atoms with van der Waals surface area (Å²) in [5, 5.41) is 2.79. The number of rotatable bonds is 5. The first-order valence-corrected chi connectivity index (χ1v) is 19.3. The Kier molecular flexibility index (Phi) is 5.48. The van der Waals surface area contributed by atoms with E-state index in [4.69, 9.17) is 8.22 Å². The molecule has 11 rings (SSSR count). The number of benzene rings is 9. The summed E-state index contributed by atoms with van der Waals surface area (Å²) in [4.78, 5) is 0. The average molecular weight is 730 g/mol. The lowest BCUT2D eigenvalue weighted by molar-refractivity contribution is 1.58. The molecule has 0 bridgehead atoms. The van der Waals surface area contributed by atoms with E-state index in [0.717, 1.165) is 60.4 Å². The number of thiophene rings is 2. The van der Waals surface area contributed by atoms with Crippen molar-refractivity contribution < 1.29 is 12.3 Å². The zero-order valence-corrected chi connectivity index (χ0v) is 30.2. The molecule has 0 amide bonds. The molecule has 0 radical (unpaired) electrons. The van der Waals surface area contributed by atoms with E-state index in [9.17, 15) is 4.11 Å². The molecule has 0 atom stereocenters. The Morgan fingerprint density at radius 3 is 1.80 bits per heavy atom. The highest BCUT2D eigenvalue weighted by Crippen LogP contribution is 2.46. The van der Waals surface area contributed by atoms with Gasteiger partial charge in [0.15, 0.2) is 0 Å². The predicted octanol–water partition coefficient (Wildman–Crippen LogP) is 15.9. The minimum Gasteiger partial charge on any atom is -0.135 e. The summed E-state index contributed by atoms with van der Waals surface area (Å²) in [6.07, 6.45) is 0. The van der Waals surface area contributed by atoms with E-state index in [0.29, 0.717) is 20.5 Å². The Hall–Kier alpha value is -6.32. The van der Waals surface area contributed by atoms with Crippen molar-refractivity contribution in [2.75, 3.05) is 0 Å². The molecule has 11 aromatic rings. The predicted molar refractivity (Wildman–Crippen MR) is 237 cm³/mol. The third-order valence-electron chi connectivity index (χ3n) is 10.2. The van der Waals surface area contributed by atoms with E-state index in [-0.39, 0.29) is 57.8 Å². The van der Waals surface area contributed by atoms with Gasteiger partial charge >= 0.3 is 0 Å². The van der Waals surface area contributed by atoms with Crippen LogP contribution in [0.4, 0.5) is 0 Å². The van der Waals surface area contributed by atoms with Crippen LogP contribution in [0.25, 0.3) is 107 Å². The lowest BCUT2D eigenvalue weighted by Gasteiger charge is -2.13. The van der Waals surface area contributed by atoms with Gasteiger partial charge in [0, 0.05) is 40.3 Å². The standard InChI is InChI=1S/C52H32S2/c1-3-11-33(12-4-1)34-21-23-35(24-22-34)39-29-40(38-26-28-47-49(32-38)53-48-20-10-17-42(50(47)48)36-13-5-2-6-14-36)31-41(30-39)44-18-9-19-45-46-27-25-37-15-7-8-16-43(37)51(46)54-52(44)45/h1-32H/i7D,8D,9D,15D,16D,18D,19D,25D,27D. The topological polar surface area (TPSA) is 0 Å². The van der Waals surface area contributed by atoms with Crippen molar-refractivity contribution in [3.8, 4) is 55.6 Å². The Morgan fingerprint density at radius 1 is 0.333 bits per heavy atom. The lowest BCUT2D eigenvalue weighted by atomic mass is 9.91. The maximum absolute atomic E-state index is 9.46. The SMILES string of the molecule is [2H]c1c([2H])c([2H])c2c(sc3c4c([2H])c([2H])c([2H])c([2H])c4c([2H])c([2H])c32)c1-c1cc(-c2ccc(-c3ccccc3)cc2)cc(-c2ccc3c(c2)sc2cccc(-c4ccccc4)c23)c1. The smallest absolute Gasteiger partial charge is 0.0630 e. The first-order valence-electron chi connectivity index (χ1n) is 22.2. The van der Waals surface area contributed by atoms with E-state index >= 15 is 0 Å². The van der Waals surface area contributed by atoms with Crippen LogP contribution < -0.4 is 0 Å². The monoisotopic (exact) mass is 729 g/mol. The maximum Gasteiger partial charge on any atom is 0.0630 e. The van der Waals surface area contributed by atoms with Crippen molar-refractivity contribution in [3.05, 3.63) is 194 Å². The second-order valence-corrected chi connectivity index (χ2v) is 15.5. The third-order valence-corrected chi connectivity index (χ3v) is 12.5. The van der Waals surface area contributed by atoms with Crippen molar-refractivity contribution in [1.82, 2.24) is 0 Å². The van der Waals surface area contributed by atoms with Crippen molar-refractivity contribution in [3.63, 3.8) is 0 Å². The Bertz CT molecular complexity index is 3710. The lowest BCUT2D eigenvalue weighted by Crippen LogP contribution is -1.87. The fourth-order valence-electron chi connectivity index (χ4n) is 7.59. The van der Waals surface area contributed by atoms with Gasteiger partial charge in [0.05, 0.1) is 12.3 Å². The molecule has 0 N–H and O–H groups in total. The van der Waals surface area contributed by atoms with E-state index in [2.05, 4.69) is 103 Å². The molecule has 0 aliphatic carbocycles. The third kappa shape index (κ3) is 5.18. The fourth-order valence-corrected chi connectivity index (χ4v) is 10.0. The van der Waals surface area contributed by atoms with Crippen LogP contribution in [0.15, 0.2) is 194 Å². The van der Waals surface area contributed by atoms with Gasteiger partial charge in [0.1, 0.15) is 0 Å². The van der Waals surface area contributed by atoms with Crippen LogP contribution in [0.2, 0.25) is 0 Å². The van der Waals surface area contributed by atoms with Crippen molar-refractivity contribution in [2.24, 2.45) is 0 Å². The molecule has 0 unspecified atom stereocenters. The highest BCUT2D eigenvalue weighted by Gasteiger charge is 2.16. The first-order chi connectivity index (χ1) is 30.5. The molecular formula is C52H32S2. The molecule has 252 valence electrons. The van der Waals surface area contributed by atoms with Gasteiger partial charge in [-0.2, -0.15) is 0 Å². The second-order valence-electron chi connectivity index (χ2n) is 13.4. The molecule has 54 heavy (non-hydrogen) atoms. The summed E-state index contributed by atoms with van der Waals surface area (Å²) in [7, 11) is 0. The first kappa shape index (κ1) is 23.4. The highest BCUT2D eigenvalue weighted by atomic mass is 32.1. The highest BCUT2D eigenvalue weighted by molar-refractivity contribution is 7.27. The van der Waals surface area contributed by atoms with Gasteiger partial charge in [-0.05, 0) is 96.7 Å². The van der Waals surface area contributed by atoms with Crippen LogP contribution in [0.5, 0.6) is 0 Å². The summed E-state index contributed by atoms with van der Waals surface area (Å²) in [5.41, 5.74) is 9.12. The summed E-state index contributed by atoms with van der Waals surface area (Å²) in [6, 6.07) is 44.8. The number of hydrogen-bond donors (Lipinski definition) is 0. The average Bonchev–Trinajstić information content (AvgIpc) is 3.90. The number of hydrogen-bond acceptors (Lipinski definition) is 2. The van der Waals surface area contributed by atoms with Crippen LogP contribution in [0.3, 0.4) is 0 Å². The van der Waals surface area contributed by atoms with Gasteiger partial charge in [-0.1, -0.05) is 164 Å². The molecular weight excluding hydrogens is 689 g/mol. The van der Waals surface area contributed by atoms with Crippen molar-refractivity contribution in [2.45, 2.75) is 0 Å². The van der Waals surface area contributed by atoms with E-state index in [1.54, 1.807) is 11.3 Å². The van der Waals surface area contributed by atoms with Crippen LogP contribution >= 0.6 is 22.7 Å². The molecule has 9 aromatic carbocycles. The van der Waals surface area contributed by atoms with Crippen LogP contribution in [-0.2, 0) is 0 Å². The van der Waals surface area contributed by atoms with E-state index in [1.807, 2.05) is 36.4 Å². The maximum atomic E-state index is 9.46. The van der Waals surface area contributed by atoms with E-state index < -0.39 is 18.1 Å². The zero-order valence-electron chi connectivity index (χ0n) is 37.6. The van der Waals surface area contributed by atoms with Gasteiger partial charge < -0.3 is 0 Å². The molecule has 2 heteroatoms. The molecule has 2 aromatic heterocycles. The summed E-state index contributed by atoms with van der Waals surface area (Å²) >= 11 is 2.88. The van der Waals surface area contributed by atoms with Gasteiger partial charge in [-0.25, -0.2) is 0 Å². The Morgan fingerprint density at radius 2 is 0.981 bits per heavy atom. The largest absolute Gasteiger partial charge is 0.135 e. The van der Waals surface area contributed by atoms with Crippen molar-refractivity contribution >= 4 is 73.8 Å². The van der Waals surface area contributed by atoms with E-state index in [1.165, 1.54) is 15.6 Å². The molecule has 0 nitrogen and oxygen atoms in total. The molecule has 0 saturated carbocycles. The van der Waals surface area contributed by atoms with Gasteiger partial charge in [-0.3, -0.25) is 0 Å². The summed E-state index contributed by atoms with van der Waals surface area (Å²) in [5.74, 6) is 0. The quantitative estimate of drug-likeness (QED) is 0.165. The molecule has 0 saturated heterocycles. The fraction of sp³-hybridized carbons (Fsp3) is 0. The molecule has 0 aliphatic rings. The van der Waals surface area contributed by atoms with Crippen molar-refractivity contribution in [1.29, 1.82) is 0 Å². The van der Waals surface area contributed by atoms with Crippen LogP contribution in [0.1, 0.15) is 12.3 Å². The molecule has 0 spiro atoms. The van der Waals surface area contributed by atoms with Crippen LogP contribution in [0, 0.1) is 0 Å². The Balaban J connectivity index is 1.18. The van der Waals surface area contributed by atoms with Crippen LogP contribution in [-0.4, -0.2) is 0 Å². The molecule has 2 heterocycles.